The van der Waals surface area contributed by atoms with Crippen LogP contribution in [0.25, 0.3) is 11.3 Å². The van der Waals surface area contributed by atoms with Crippen molar-refractivity contribution in [2.75, 3.05) is 5.32 Å². The second-order valence-corrected chi connectivity index (χ2v) is 4.92. The van der Waals surface area contributed by atoms with E-state index in [9.17, 15) is 9.90 Å². The zero-order valence-corrected chi connectivity index (χ0v) is 11.1. The molecule has 0 spiro atoms. The summed E-state index contributed by atoms with van der Waals surface area (Å²) in [6, 6.07) is 11.5. The lowest BCUT2D eigenvalue weighted by atomic mass is 10.0. The number of halogens is 1. The van der Waals surface area contributed by atoms with E-state index in [4.69, 9.17) is 17.3 Å². The van der Waals surface area contributed by atoms with E-state index in [-0.39, 0.29) is 11.7 Å². The van der Waals surface area contributed by atoms with E-state index in [0.29, 0.717) is 27.5 Å². The number of hydrogen-bond acceptors (Lipinski definition) is 3. The van der Waals surface area contributed by atoms with Crippen molar-refractivity contribution in [1.82, 2.24) is 0 Å². The Bertz CT molecular complexity index is 736. The summed E-state index contributed by atoms with van der Waals surface area (Å²) in [7, 11) is 0. The lowest BCUT2D eigenvalue weighted by molar-refractivity contribution is -0.110. The number of phenolic OH excluding ortho intramolecular Hbond substituents is 1. The number of phenols is 1. The molecule has 1 aliphatic heterocycles. The molecule has 0 radical (unpaired) electrons. The van der Waals surface area contributed by atoms with E-state index in [1.807, 2.05) is 0 Å². The van der Waals surface area contributed by atoms with Gasteiger partial charge in [0.05, 0.1) is 17.0 Å². The molecule has 1 heterocycles. The summed E-state index contributed by atoms with van der Waals surface area (Å²) < 4.78 is 0. The molecule has 3 rings (SSSR count). The quantitative estimate of drug-likeness (QED) is 0.706. The highest BCUT2D eigenvalue weighted by Crippen LogP contribution is 2.36. The molecule has 0 aliphatic carbocycles. The molecule has 1 amide bonds. The number of carbonyl (C=O) groups excluding carboxylic acids is 1. The Balaban J connectivity index is 2.16. The Hall–Kier alpha value is -2.46. The third kappa shape index (κ3) is 2.00. The average molecular weight is 287 g/mol. The van der Waals surface area contributed by atoms with Gasteiger partial charge in [-0.15, -0.1) is 0 Å². The Morgan fingerprint density at radius 3 is 2.55 bits per heavy atom. The van der Waals surface area contributed by atoms with Crippen LogP contribution in [0.3, 0.4) is 0 Å². The molecular weight excluding hydrogens is 276 g/mol. The maximum absolute atomic E-state index is 12.1. The van der Waals surface area contributed by atoms with Gasteiger partial charge in [-0.1, -0.05) is 17.7 Å². The van der Waals surface area contributed by atoms with E-state index in [1.165, 1.54) is 12.1 Å². The van der Waals surface area contributed by atoms with E-state index >= 15 is 0 Å². The topological polar surface area (TPSA) is 75.4 Å². The van der Waals surface area contributed by atoms with Crippen LogP contribution in [0.1, 0.15) is 11.1 Å². The molecule has 2 aromatic rings. The molecule has 2 aromatic carbocycles. The average Bonchev–Trinajstić information content (AvgIpc) is 2.73. The Kier molecular flexibility index (Phi) is 2.88. The fraction of sp³-hybridized carbons (Fsp3) is 0. The van der Waals surface area contributed by atoms with Gasteiger partial charge in [0.2, 0.25) is 0 Å². The smallest absolute Gasteiger partial charge is 0.258 e. The van der Waals surface area contributed by atoms with Crippen molar-refractivity contribution in [3.8, 4) is 5.75 Å². The fourth-order valence-electron chi connectivity index (χ4n) is 2.20. The van der Waals surface area contributed by atoms with Crippen LogP contribution in [-0.4, -0.2) is 11.0 Å². The molecule has 0 unspecified atom stereocenters. The summed E-state index contributed by atoms with van der Waals surface area (Å²) in [5.74, 6) is -0.109. The number of carbonyl (C=O) groups is 1. The number of nitrogens with one attached hydrogen (secondary N) is 1. The minimum atomic E-state index is -0.257. The standard InChI is InChI=1S/C15H11ClN2O2/c16-9-3-6-11-12(7-9)18-15(20)13(11)14(17)8-1-4-10(19)5-2-8/h1-7,19H,17H2,(H,18,20)/b14-13+. The predicted molar refractivity (Wildman–Crippen MR) is 79.2 cm³/mol. The van der Waals surface area contributed by atoms with Crippen LogP contribution in [0, 0.1) is 0 Å². The predicted octanol–water partition coefficient (Wildman–Crippen LogP) is 2.82. The minimum Gasteiger partial charge on any atom is -0.508 e. The van der Waals surface area contributed by atoms with Crippen LogP contribution in [0.15, 0.2) is 42.5 Å². The summed E-state index contributed by atoms with van der Waals surface area (Å²) in [4.78, 5) is 12.1. The highest BCUT2D eigenvalue weighted by molar-refractivity contribution is 6.37. The second-order valence-electron chi connectivity index (χ2n) is 4.48. The molecule has 0 saturated heterocycles. The SMILES string of the molecule is N/C(=C1/C(=O)Nc2cc(Cl)ccc21)c1ccc(O)cc1. The third-order valence-electron chi connectivity index (χ3n) is 3.17. The summed E-state index contributed by atoms with van der Waals surface area (Å²) in [6.45, 7) is 0. The number of benzene rings is 2. The lowest BCUT2D eigenvalue weighted by Crippen LogP contribution is -2.09. The first-order valence-corrected chi connectivity index (χ1v) is 6.34. The highest BCUT2D eigenvalue weighted by Gasteiger charge is 2.27. The van der Waals surface area contributed by atoms with Crippen LogP contribution in [-0.2, 0) is 4.79 Å². The summed E-state index contributed by atoms with van der Waals surface area (Å²) in [5, 5.41) is 12.6. The van der Waals surface area contributed by atoms with Gasteiger partial charge in [-0.25, -0.2) is 0 Å². The van der Waals surface area contributed by atoms with Gasteiger partial charge in [0.1, 0.15) is 5.75 Å². The monoisotopic (exact) mass is 286 g/mol. The lowest BCUT2D eigenvalue weighted by Gasteiger charge is -2.06. The summed E-state index contributed by atoms with van der Waals surface area (Å²) in [5.41, 5.74) is 8.94. The van der Waals surface area contributed by atoms with Gasteiger partial charge in [0.25, 0.3) is 5.91 Å². The van der Waals surface area contributed by atoms with Crippen LogP contribution in [0.5, 0.6) is 5.75 Å². The maximum atomic E-state index is 12.1. The first kappa shape index (κ1) is 12.6. The Morgan fingerprint density at radius 2 is 1.85 bits per heavy atom. The molecule has 0 bridgehead atoms. The van der Waals surface area contributed by atoms with E-state index in [1.54, 1.807) is 30.3 Å². The summed E-state index contributed by atoms with van der Waals surface area (Å²) in [6.07, 6.45) is 0. The number of amides is 1. The Labute approximate surface area is 120 Å². The number of nitrogens with two attached hydrogens (primary N) is 1. The molecule has 0 fully saturated rings. The third-order valence-corrected chi connectivity index (χ3v) is 3.41. The molecule has 0 atom stereocenters. The number of rotatable bonds is 1. The molecule has 4 N–H and O–H groups in total. The van der Waals surface area contributed by atoms with Gasteiger partial charge in [0.15, 0.2) is 0 Å². The van der Waals surface area contributed by atoms with E-state index in [2.05, 4.69) is 5.32 Å². The first-order chi connectivity index (χ1) is 9.56. The zero-order chi connectivity index (χ0) is 14.3. The summed E-state index contributed by atoms with van der Waals surface area (Å²) >= 11 is 5.91. The van der Waals surface area contributed by atoms with Gasteiger partial charge in [-0.05, 0) is 42.0 Å². The van der Waals surface area contributed by atoms with Crippen molar-refractivity contribution >= 4 is 34.5 Å². The van der Waals surface area contributed by atoms with Crippen molar-refractivity contribution in [2.24, 2.45) is 5.73 Å². The normalized spacial score (nSPS) is 15.8. The number of hydrogen-bond donors (Lipinski definition) is 3. The zero-order valence-electron chi connectivity index (χ0n) is 10.4. The molecule has 5 heteroatoms. The first-order valence-electron chi connectivity index (χ1n) is 5.96. The van der Waals surface area contributed by atoms with Crippen molar-refractivity contribution < 1.29 is 9.90 Å². The van der Waals surface area contributed by atoms with Crippen LogP contribution < -0.4 is 11.1 Å². The van der Waals surface area contributed by atoms with Gasteiger partial charge < -0.3 is 16.2 Å². The molecule has 100 valence electrons. The van der Waals surface area contributed by atoms with Gasteiger partial charge >= 0.3 is 0 Å². The molecular formula is C15H11ClN2O2. The fourth-order valence-corrected chi connectivity index (χ4v) is 2.37. The second kappa shape index (κ2) is 4.58. The largest absolute Gasteiger partial charge is 0.508 e. The minimum absolute atomic E-state index is 0.148. The Morgan fingerprint density at radius 1 is 1.15 bits per heavy atom. The van der Waals surface area contributed by atoms with E-state index in [0.717, 1.165) is 5.56 Å². The number of anilines is 1. The van der Waals surface area contributed by atoms with Gasteiger partial charge in [-0.2, -0.15) is 0 Å². The van der Waals surface area contributed by atoms with Crippen molar-refractivity contribution in [1.29, 1.82) is 0 Å². The molecule has 20 heavy (non-hydrogen) atoms. The van der Waals surface area contributed by atoms with E-state index < -0.39 is 0 Å². The van der Waals surface area contributed by atoms with Crippen molar-refractivity contribution in [2.45, 2.75) is 0 Å². The van der Waals surface area contributed by atoms with Crippen molar-refractivity contribution in [3.05, 3.63) is 58.6 Å². The number of aromatic hydroxyl groups is 1. The molecule has 1 aliphatic rings. The highest BCUT2D eigenvalue weighted by atomic mass is 35.5. The molecule has 4 nitrogen and oxygen atoms in total. The van der Waals surface area contributed by atoms with Crippen LogP contribution >= 0.6 is 11.6 Å². The molecule has 0 saturated carbocycles. The van der Waals surface area contributed by atoms with Gasteiger partial charge in [-0.3, -0.25) is 4.79 Å². The molecule has 0 aromatic heterocycles. The maximum Gasteiger partial charge on any atom is 0.258 e. The van der Waals surface area contributed by atoms with Crippen molar-refractivity contribution in [3.63, 3.8) is 0 Å². The number of fused-ring (bicyclic) bond motifs is 1. The van der Waals surface area contributed by atoms with Gasteiger partial charge in [0, 0.05) is 10.6 Å². The van der Waals surface area contributed by atoms with Crippen LogP contribution in [0.2, 0.25) is 5.02 Å². The van der Waals surface area contributed by atoms with Crippen LogP contribution in [0.4, 0.5) is 5.69 Å².